The number of thioether (sulfide) groups is 1. The van der Waals surface area contributed by atoms with Gasteiger partial charge in [-0.3, -0.25) is 9.36 Å². The first-order valence-electron chi connectivity index (χ1n) is 8.48. The van der Waals surface area contributed by atoms with Crippen molar-refractivity contribution in [3.63, 3.8) is 0 Å². The highest BCUT2D eigenvalue weighted by Gasteiger charge is 2.14. The number of aromatic hydroxyl groups is 1. The average Bonchev–Trinajstić information content (AvgIpc) is 3.24. The number of carbonyl (C=O) groups is 1. The Morgan fingerprint density at radius 2 is 1.89 bits per heavy atom. The molecular weight excluding hydrogens is 376 g/mol. The summed E-state index contributed by atoms with van der Waals surface area (Å²) in [6.07, 6.45) is 0. The quantitative estimate of drug-likeness (QED) is 0.391. The molecule has 2 N–H and O–H groups in total. The minimum absolute atomic E-state index is 0.0532. The number of azo groups is 1. The van der Waals surface area contributed by atoms with Crippen LogP contribution in [0.1, 0.15) is 5.82 Å². The van der Waals surface area contributed by atoms with Crippen molar-refractivity contribution in [2.75, 3.05) is 5.75 Å². The van der Waals surface area contributed by atoms with Gasteiger partial charge < -0.3 is 10.1 Å². The number of nitrogens with zero attached hydrogens (tertiary/aromatic N) is 5. The SMILES string of the molecule is Cc1nnc(SCC(=O)N=Nc2c(O)[nH]c3ccccc23)n1-c1ccccc1. The number of para-hydroxylation sites is 2. The summed E-state index contributed by atoms with van der Waals surface area (Å²) in [6.45, 7) is 1.85. The van der Waals surface area contributed by atoms with Gasteiger partial charge in [-0.25, -0.2) is 0 Å². The summed E-state index contributed by atoms with van der Waals surface area (Å²) in [6, 6.07) is 16.9. The predicted octanol–water partition coefficient (Wildman–Crippen LogP) is 4.17. The zero-order valence-electron chi connectivity index (χ0n) is 14.9. The molecule has 4 aromatic rings. The maximum Gasteiger partial charge on any atom is 0.275 e. The number of aromatic nitrogens is 4. The first kappa shape index (κ1) is 17.9. The number of benzene rings is 2. The molecule has 2 aromatic heterocycles. The molecule has 0 aliphatic carbocycles. The average molecular weight is 392 g/mol. The zero-order chi connectivity index (χ0) is 19.5. The lowest BCUT2D eigenvalue weighted by molar-refractivity contribution is -0.115. The van der Waals surface area contributed by atoms with Crippen molar-refractivity contribution in [1.82, 2.24) is 19.7 Å². The van der Waals surface area contributed by atoms with Crippen molar-refractivity contribution in [2.24, 2.45) is 10.2 Å². The van der Waals surface area contributed by atoms with Gasteiger partial charge in [0.05, 0.1) is 11.3 Å². The molecule has 28 heavy (non-hydrogen) atoms. The number of fused-ring (bicyclic) bond motifs is 1. The molecule has 140 valence electrons. The van der Waals surface area contributed by atoms with Gasteiger partial charge in [0.15, 0.2) is 10.8 Å². The Morgan fingerprint density at radius 1 is 1.14 bits per heavy atom. The topological polar surface area (TPSA) is 109 Å². The second-order valence-corrected chi connectivity index (χ2v) is 6.89. The number of amides is 1. The van der Waals surface area contributed by atoms with Gasteiger partial charge in [-0.1, -0.05) is 48.2 Å². The van der Waals surface area contributed by atoms with Gasteiger partial charge >= 0.3 is 0 Å². The standard InChI is InChI=1S/C19H16N6O2S/c1-12-21-24-19(25(12)13-7-3-2-4-8-13)28-11-16(26)22-23-17-14-9-5-6-10-15(14)20-18(17)27/h2-10,20,27H,11H2,1H3. The molecule has 9 heteroatoms. The first-order chi connectivity index (χ1) is 13.6. The van der Waals surface area contributed by atoms with E-state index in [0.717, 1.165) is 17.0 Å². The van der Waals surface area contributed by atoms with Crippen molar-refractivity contribution < 1.29 is 9.90 Å². The number of rotatable bonds is 5. The van der Waals surface area contributed by atoms with Crippen LogP contribution in [0.3, 0.4) is 0 Å². The van der Waals surface area contributed by atoms with Gasteiger partial charge in [-0.2, -0.15) is 0 Å². The molecule has 0 spiro atoms. The Kier molecular flexibility index (Phi) is 4.90. The zero-order valence-corrected chi connectivity index (χ0v) is 15.7. The summed E-state index contributed by atoms with van der Waals surface area (Å²) in [5.41, 5.74) is 1.89. The van der Waals surface area contributed by atoms with E-state index in [1.165, 1.54) is 11.8 Å². The number of nitrogens with one attached hydrogen (secondary N) is 1. The molecule has 0 fully saturated rings. The summed E-state index contributed by atoms with van der Waals surface area (Å²) in [4.78, 5) is 15.0. The summed E-state index contributed by atoms with van der Waals surface area (Å²) >= 11 is 1.23. The van der Waals surface area contributed by atoms with Crippen LogP contribution < -0.4 is 0 Å². The smallest absolute Gasteiger partial charge is 0.275 e. The van der Waals surface area contributed by atoms with Crippen molar-refractivity contribution in [3.8, 4) is 11.6 Å². The van der Waals surface area contributed by atoms with E-state index in [4.69, 9.17) is 0 Å². The van der Waals surface area contributed by atoms with Crippen LogP contribution in [0.4, 0.5) is 5.69 Å². The maximum absolute atomic E-state index is 12.2. The summed E-state index contributed by atoms with van der Waals surface area (Å²) in [7, 11) is 0. The molecule has 0 saturated heterocycles. The van der Waals surface area contributed by atoms with Gasteiger partial charge in [-0.15, -0.1) is 20.4 Å². The third-order valence-corrected chi connectivity index (χ3v) is 4.97. The van der Waals surface area contributed by atoms with Crippen LogP contribution in [0.5, 0.6) is 5.88 Å². The lowest BCUT2D eigenvalue weighted by atomic mass is 10.2. The molecule has 2 heterocycles. The van der Waals surface area contributed by atoms with Crippen LogP contribution in [-0.2, 0) is 4.79 Å². The molecule has 8 nitrogen and oxygen atoms in total. The fourth-order valence-corrected chi connectivity index (χ4v) is 3.56. The highest BCUT2D eigenvalue weighted by molar-refractivity contribution is 7.99. The van der Waals surface area contributed by atoms with Crippen LogP contribution in [0.2, 0.25) is 0 Å². The largest absolute Gasteiger partial charge is 0.493 e. The van der Waals surface area contributed by atoms with E-state index in [2.05, 4.69) is 25.4 Å². The van der Waals surface area contributed by atoms with Gasteiger partial charge in [0.1, 0.15) is 5.82 Å². The summed E-state index contributed by atoms with van der Waals surface area (Å²) in [5, 5.41) is 27.2. The Morgan fingerprint density at radius 3 is 2.71 bits per heavy atom. The van der Waals surface area contributed by atoms with Crippen LogP contribution >= 0.6 is 11.8 Å². The van der Waals surface area contributed by atoms with Crippen molar-refractivity contribution in [3.05, 3.63) is 60.4 Å². The van der Waals surface area contributed by atoms with Crippen LogP contribution in [0.15, 0.2) is 70.0 Å². The molecule has 0 saturated carbocycles. The molecule has 0 aliphatic heterocycles. The molecule has 0 aliphatic rings. The monoisotopic (exact) mass is 392 g/mol. The molecule has 0 atom stereocenters. The van der Waals surface area contributed by atoms with E-state index < -0.39 is 5.91 Å². The molecule has 4 rings (SSSR count). The van der Waals surface area contributed by atoms with Crippen molar-refractivity contribution >= 4 is 34.3 Å². The van der Waals surface area contributed by atoms with E-state index in [0.29, 0.717) is 10.5 Å². The van der Waals surface area contributed by atoms with E-state index in [1.54, 1.807) is 6.07 Å². The minimum atomic E-state index is -0.435. The second kappa shape index (κ2) is 7.65. The lowest BCUT2D eigenvalue weighted by Gasteiger charge is -2.06. The fourth-order valence-electron chi connectivity index (χ4n) is 2.79. The van der Waals surface area contributed by atoms with E-state index in [1.807, 2.05) is 60.0 Å². The first-order valence-corrected chi connectivity index (χ1v) is 9.46. The molecule has 0 bridgehead atoms. The summed E-state index contributed by atoms with van der Waals surface area (Å²) < 4.78 is 1.88. The third kappa shape index (κ3) is 3.52. The highest BCUT2D eigenvalue weighted by atomic mass is 32.2. The number of aromatic amines is 1. The van der Waals surface area contributed by atoms with E-state index >= 15 is 0 Å². The van der Waals surface area contributed by atoms with Gasteiger partial charge in [0.25, 0.3) is 5.91 Å². The van der Waals surface area contributed by atoms with Crippen LogP contribution in [-0.4, -0.2) is 36.5 Å². The Hall–Kier alpha value is -3.46. The normalized spacial score (nSPS) is 11.5. The predicted molar refractivity (Wildman–Crippen MR) is 106 cm³/mol. The number of carbonyl (C=O) groups excluding carboxylic acids is 1. The molecule has 2 aromatic carbocycles. The van der Waals surface area contributed by atoms with Crippen LogP contribution in [0, 0.1) is 6.92 Å². The number of hydrogen-bond donors (Lipinski definition) is 2. The highest BCUT2D eigenvalue weighted by Crippen LogP contribution is 2.35. The molecular formula is C19H16N6O2S. The maximum atomic E-state index is 12.2. The molecule has 1 amide bonds. The van der Waals surface area contributed by atoms with Crippen molar-refractivity contribution in [2.45, 2.75) is 12.1 Å². The summed E-state index contributed by atoms with van der Waals surface area (Å²) in [5.74, 6) is 0.226. The minimum Gasteiger partial charge on any atom is -0.493 e. The van der Waals surface area contributed by atoms with Gasteiger partial charge in [0, 0.05) is 11.1 Å². The third-order valence-electron chi connectivity index (χ3n) is 4.06. The molecule has 0 radical (unpaired) electrons. The fraction of sp³-hybridized carbons (Fsp3) is 0.105. The lowest BCUT2D eigenvalue weighted by Crippen LogP contribution is -2.02. The van der Waals surface area contributed by atoms with E-state index in [-0.39, 0.29) is 17.3 Å². The Balaban J connectivity index is 1.48. The van der Waals surface area contributed by atoms with E-state index in [9.17, 15) is 9.90 Å². The van der Waals surface area contributed by atoms with Gasteiger partial charge in [-0.05, 0) is 25.1 Å². The number of hydrogen-bond acceptors (Lipinski definition) is 6. The Labute approximate surface area is 164 Å². The number of aryl methyl sites for hydroxylation is 1. The van der Waals surface area contributed by atoms with Crippen LogP contribution in [0.25, 0.3) is 16.6 Å². The molecule has 0 unspecified atom stereocenters. The van der Waals surface area contributed by atoms with Gasteiger partial charge in [0.2, 0.25) is 5.88 Å². The second-order valence-electron chi connectivity index (χ2n) is 5.95. The van der Waals surface area contributed by atoms with Crippen molar-refractivity contribution in [1.29, 1.82) is 0 Å². The Bertz CT molecular complexity index is 1170. The number of H-pyrrole nitrogens is 1.